The normalized spacial score (nSPS) is 13.8. The summed E-state index contributed by atoms with van der Waals surface area (Å²) in [6.07, 6.45) is -3.98. The first kappa shape index (κ1) is 27.6. The highest BCUT2D eigenvalue weighted by atomic mass is 32.2. The van der Waals surface area contributed by atoms with Crippen molar-refractivity contribution in [1.29, 1.82) is 0 Å². The lowest BCUT2D eigenvalue weighted by atomic mass is 10.1. The van der Waals surface area contributed by atoms with Gasteiger partial charge in [0.1, 0.15) is 5.75 Å². The number of hydrogen-bond donors (Lipinski definition) is 1. The predicted molar refractivity (Wildman–Crippen MR) is 123 cm³/mol. The van der Waals surface area contributed by atoms with Crippen LogP contribution in [0.25, 0.3) is 0 Å². The zero-order valence-corrected chi connectivity index (χ0v) is 21.2. The van der Waals surface area contributed by atoms with E-state index < -0.39 is 62.5 Å². The van der Waals surface area contributed by atoms with Gasteiger partial charge in [0.05, 0.1) is 25.8 Å². The number of ether oxygens (including phenoxy) is 1. The Morgan fingerprint density at radius 2 is 1.14 bits per heavy atom. The van der Waals surface area contributed by atoms with Gasteiger partial charge in [-0.15, -0.1) is 13.2 Å². The molecule has 14 heteroatoms. The topological polar surface area (TPSA) is 124 Å². The summed E-state index contributed by atoms with van der Waals surface area (Å²) in [5.74, 6) is -0.637. The van der Waals surface area contributed by atoms with Crippen molar-refractivity contribution >= 4 is 29.7 Å². The molecule has 0 heterocycles. The molecule has 0 aliphatic carbocycles. The molecule has 3 aromatic carbocycles. The van der Waals surface area contributed by atoms with E-state index in [-0.39, 0.29) is 4.90 Å². The Labute approximate surface area is 206 Å². The number of benzene rings is 3. The second kappa shape index (κ2) is 9.84. The Hall–Kier alpha value is -2.94. The number of hydrogen-bond acceptors (Lipinski definition) is 7. The minimum atomic E-state index is -4.96. The Kier molecular flexibility index (Phi) is 7.56. The fourth-order valence-electron chi connectivity index (χ4n) is 3.29. The third kappa shape index (κ3) is 6.43. The molecule has 3 aromatic rings. The molecule has 0 aliphatic heterocycles. The van der Waals surface area contributed by atoms with Gasteiger partial charge in [-0.3, -0.25) is 0 Å². The molecular formula is C22H20F3NO7S3. The van der Waals surface area contributed by atoms with E-state index in [1.165, 1.54) is 36.4 Å². The van der Waals surface area contributed by atoms with Gasteiger partial charge in [-0.25, -0.2) is 30.0 Å². The van der Waals surface area contributed by atoms with E-state index in [0.29, 0.717) is 5.56 Å². The van der Waals surface area contributed by atoms with E-state index in [1.807, 2.05) is 0 Å². The lowest BCUT2D eigenvalue weighted by molar-refractivity contribution is -0.274. The summed E-state index contributed by atoms with van der Waals surface area (Å²) in [6.45, 7) is 1.57. The summed E-state index contributed by atoms with van der Waals surface area (Å²) < 4.78 is 119. The molecule has 36 heavy (non-hydrogen) atoms. The van der Waals surface area contributed by atoms with Crippen LogP contribution in [0.5, 0.6) is 5.75 Å². The summed E-state index contributed by atoms with van der Waals surface area (Å²) in [5.41, 5.74) is 0.474. The van der Waals surface area contributed by atoms with Crippen LogP contribution < -0.4 is 9.46 Å². The fourth-order valence-corrected chi connectivity index (χ4v) is 7.41. The molecule has 0 unspecified atom stereocenters. The highest BCUT2D eigenvalue weighted by Gasteiger charge is 2.32. The van der Waals surface area contributed by atoms with Crippen LogP contribution in [0.15, 0.2) is 92.4 Å². The monoisotopic (exact) mass is 563 g/mol. The van der Waals surface area contributed by atoms with Crippen molar-refractivity contribution in [2.45, 2.75) is 38.9 Å². The highest BCUT2D eigenvalue weighted by molar-refractivity contribution is 7.94. The number of halogens is 3. The van der Waals surface area contributed by atoms with Crippen LogP contribution in [-0.2, 0) is 29.7 Å². The minimum Gasteiger partial charge on any atom is -0.406 e. The van der Waals surface area contributed by atoms with E-state index in [9.17, 15) is 38.4 Å². The molecule has 0 aromatic heterocycles. The maximum Gasteiger partial charge on any atom is 0.573 e. The van der Waals surface area contributed by atoms with Gasteiger partial charge in [0.25, 0.3) is 0 Å². The van der Waals surface area contributed by atoms with Gasteiger partial charge >= 0.3 is 6.36 Å². The standard InChI is InChI=1S/C22H20F3NO7S3/c1-15(26-34(2,27)28)16-7-11-18(12-8-16)35(29,30)20-5-3-4-6-21(20)36(31,32)19-13-9-17(10-14-19)33-22(23,24)25/h3-15,26H,1-2H3/t15-/m0/s1. The summed E-state index contributed by atoms with van der Waals surface area (Å²) in [6, 6.07) is 12.8. The largest absolute Gasteiger partial charge is 0.573 e. The first-order valence-electron chi connectivity index (χ1n) is 10.0. The zero-order valence-electron chi connectivity index (χ0n) is 18.7. The molecule has 3 rings (SSSR count). The Morgan fingerprint density at radius 3 is 1.53 bits per heavy atom. The third-order valence-electron chi connectivity index (χ3n) is 4.88. The number of nitrogens with one attached hydrogen (secondary N) is 1. The van der Waals surface area contributed by atoms with Crippen molar-refractivity contribution in [3.05, 3.63) is 78.4 Å². The van der Waals surface area contributed by atoms with Gasteiger partial charge in [0.2, 0.25) is 29.7 Å². The maximum atomic E-state index is 13.3. The molecule has 8 nitrogen and oxygen atoms in total. The number of sulfone groups is 2. The fraction of sp³-hybridized carbons (Fsp3) is 0.182. The van der Waals surface area contributed by atoms with Crippen molar-refractivity contribution in [1.82, 2.24) is 4.72 Å². The lowest BCUT2D eigenvalue weighted by Gasteiger charge is -2.15. The molecule has 0 aliphatic rings. The van der Waals surface area contributed by atoms with Crippen LogP contribution in [0.3, 0.4) is 0 Å². The van der Waals surface area contributed by atoms with Crippen LogP contribution in [-0.4, -0.2) is 37.9 Å². The Bertz CT molecular complexity index is 1570. The SMILES string of the molecule is C[C@H](NS(C)(=O)=O)c1ccc(S(=O)(=O)c2ccccc2S(=O)(=O)c2ccc(OC(F)(F)F)cc2)cc1. The second-order valence-corrected chi connectivity index (χ2v) is 13.3. The average molecular weight is 564 g/mol. The predicted octanol–water partition coefficient (Wildman–Crippen LogP) is 3.86. The van der Waals surface area contributed by atoms with Crippen molar-refractivity contribution < 1.29 is 43.2 Å². The summed E-state index contributed by atoms with van der Waals surface area (Å²) in [5, 5.41) is 0. The first-order valence-corrected chi connectivity index (χ1v) is 14.9. The molecule has 194 valence electrons. The Morgan fingerprint density at radius 1 is 0.722 bits per heavy atom. The molecule has 1 atom stereocenters. The molecule has 0 saturated heterocycles. The number of alkyl halides is 3. The van der Waals surface area contributed by atoms with E-state index in [1.54, 1.807) is 6.92 Å². The van der Waals surface area contributed by atoms with Crippen molar-refractivity contribution in [2.24, 2.45) is 0 Å². The van der Waals surface area contributed by atoms with Crippen molar-refractivity contribution in [3.63, 3.8) is 0 Å². The first-order chi connectivity index (χ1) is 16.5. The number of sulfonamides is 1. The van der Waals surface area contributed by atoms with Crippen LogP contribution in [0.2, 0.25) is 0 Å². The van der Waals surface area contributed by atoms with Crippen LogP contribution in [0.1, 0.15) is 18.5 Å². The van der Waals surface area contributed by atoms with Crippen molar-refractivity contribution in [3.8, 4) is 5.75 Å². The van der Waals surface area contributed by atoms with Gasteiger partial charge < -0.3 is 4.74 Å². The van der Waals surface area contributed by atoms with E-state index in [0.717, 1.165) is 42.7 Å². The van der Waals surface area contributed by atoms with E-state index in [2.05, 4.69) is 9.46 Å². The molecule has 0 fully saturated rings. The molecule has 0 spiro atoms. The molecule has 0 bridgehead atoms. The maximum absolute atomic E-state index is 13.3. The average Bonchev–Trinajstić information content (AvgIpc) is 2.77. The van der Waals surface area contributed by atoms with Gasteiger partial charge in [-0.05, 0) is 61.0 Å². The van der Waals surface area contributed by atoms with Gasteiger partial charge in [-0.2, -0.15) is 0 Å². The number of rotatable bonds is 8. The third-order valence-corrected chi connectivity index (χ3v) is 9.44. The molecule has 0 saturated carbocycles. The molecule has 0 amide bonds. The van der Waals surface area contributed by atoms with Crippen LogP contribution in [0, 0.1) is 0 Å². The zero-order chi connectivity index (χ0) is 26.9. The summed E-state index contributed by atoms with van der Waals surface area (Å²) >= 11 is 0. The lowest BCUT2D eigenvalue weighted by Crippen LogP contribution is -2.25. The smallest absolute Gasteiger partial charge is 0.406 e. The Balaban J connectivity index is 1.99. The summed E-state index contributed by atoms with van der Waals surface area (Å²) in [7, 11) is -12.3. The quantitative estimate of drug-likeness (QED) is 0.441. The van der Waals surface area contributed by atoms with Gasteiger partial charge in [-0.1, -0.05) is 24.3 Å². The van der Waals surface area contributed by atoms with E-state index >= 15 is 0 Å². The van der Waals surface area contributed by atoms with Gasteiger partial charge in [0, 0.05) is 6.04 Å². The minimum absolute atomic E-state index is 0.241. The summed E-state index contributed by atoms with van der Waals surface area (Å²) in [4.78, 5) is -1.77. The molecular weight excluding hydrogens is 543 g/mol. The molecule has 1 N–H and O–H groups in total. The van der Waals surface area contributed by atoms with Crippen molar-refractivity contribution in [2.75, 3.05) is 6.26 Å². The van der Waals surface area contributed by atoms with Crippen LogP contribution >= 0.6 is 0 Å². The van der Waals surface area contributed by atoms with Gasteiger partial charge in [0.15, 0.2) is 0 Å². The van der Waals surface area contributed by atoms with Crippen LogP contribution in [0.4, 0.5) is 13.2 Å². The van der Waals surface area contributed by atoms with E-state index in [4.69, 9.17) is 0 Å². The second-order valence-electron chi connectivity index (χ2n) is 7.65. The highest BCUT2D eigenvalue weighted by Crippen LogP contribution is 2.32. The molecule has 0 radical (unpaired) electrons.